The molecule has 76 valence electrons. The third-order valence-corrected chi connectivity index (χ3v) is 18.1. The molecule has 2 aliphatic rings. The van der Waals surface area contributed by atoms with E-state index in [1.165, 1.54) is 0 Å². The normalized spacial score (nSPS) is 23.1. The molecule has 0 bridgehead atoms. The summed E-state index contributed by atoms with van der Waals surface area (Å²) in [4.78, 5) is 0. The van der Waals surface area contributed by atoms with Crippen molar-refractivity contribution in [3.63, 3.8) is 0 Å². The quantitative estimate of drug-likeness (QED) is 0.493. The molecule has 0 radical (unpaired) electrons. The van der Waals surface area contributed by atoms with Gasteiger partial charge >= 0.3 is 112 Å². The van der Waals surface area contributed by atoms with Crippen molar-refractivity contribution >= 4 is 59.8 Å². The van der Waals surface area contributed by atoms with Crippen LogP contribution in [0, 0.1) is 0 Å². The number of rotatable bonds is 0. The van der Waals surface area contributed by atoms with Crippen molar-refractivity contribution in [1.29, 1.82) is 0 Å². The molecule has 0 aliphatic carbocycles. The molecule has 0 aromatic heterocycles. The molecular formula is C10H12Se4. The van der Waals surface area contributed by atoms with Gasteiger partial charge < -0.3 is 0 Å². The van der Waals surface area contributed by atoms with Gasteiger partial charge in [0.05, 0.1) is 0 Å². The predicted octanol–water partition coefficient (Wildman–Crippen LogP) is 1.46. The third-order valence-electron chi connectivity index (χ3n) is 2.14. The molecule has 0 aromatic carbocycles. The summed E-state index contributed by atoms with van der Waals surface area (Å²) < 4.78 is 10.7. The summed E-state index contributed by atoms with van der Waals surface area (Å²) >= 11 is 2.98. The summed E-state index contributed by atoms with van der Waals surface area (Å²) in [6.07, 6.45) is 0. The summed E-state index contributed by atoms with van der Waals surface area (Å²) in [7, 11) is 0. The Hall–Kier alpha value is 1.30. The van der Waals surface area contributed by atoms with E-state index in [-0.39, 0.29) is 0 Å². The van der Waals surface area contributed by atoms with E-state index in [2.05, 4.69) is 27.7 Å². The Morgan fingerprint density at radius 1 is 0.500 bits per heavy atom. The molecule has 0 N–H and O–H groups in total. The first-order valence-electron chi connectivity index (χ1n) is 4.38. The first-order valence-corrected chi connectivity index (χ1v) is 11.2. The SMILES string of the molecule is CC1=C(C)[Se]C(=C2[Se]C(C)=C(C)[Se]2)[Se]1. The van der Waals surface area contributed by atoms with Gasteiger partial charge in [-0.05, 0) is 0 Å². The fourth-order valence-electron chi connectivity index (χ4n) is 1.05. The Balaban J connectivity index is 2.17. The molecule has 0 spiro atoms. The monoisotopic (exact) mass is 452 g/mol. The molecular weight excluding hydrogens is 436 g/mol. The molecule has 0 unspecified atom stereocenters. The maximum atomic E-state index is 2.34. The summed E-state index contributed by atoms with van der Waals surface area (Å²) in [6, 6.07) is 0. The fraction of sp³-hybridized carbons (Fsp3) is 0.400. The van der Waals surface area contributed by atoms with Crippen LogP contribution in [0.4, 0.5) is 0 Å². The molecule has 0 saturated heterocycles. The van der Waals surface area contributed by atoms with Crippen molar-refractivity contribution in [3.8, 4) is 0 Å². The van der Waals surface area contributed by atoms with Gasteiger partial charge in [-0.2, -0.15) is 0 Å². The zero-order valence-corrected chi connectivity index (χ0v) is 15.5. The Bertz CT molecular complexity index is 306. The van der Waals surface area contributed by atoms with Crippen molar-refractivity contribution in [2.75, 3.05) is 0 Å². The van der Waals surface area contributed by atoms with E-state index in [9.17, 15) is 0 Å². The summed E-state index contributed by atoms with van der Waals surface area (Å²) in [5.41, 5.74) is 0. The van der Waals surface area contributed by atoms with Gasteiger partial charge in [0.2, 0.25) is 0 Å². The van der Waals surface area contributed by atoms with Gasteiger partial charge in [-0.25, -0.2) is 0 Å². The van der Waals surface area contributed by atoms with E-state index in [4.69, 9.17) is 0 Å². The third kappa shape index (κ3) is 2.34. The van der Waals surface area contributed by atoms with Crippen molar-refractivity contribution in [1.82, 2.24) is 0 Å². The molecule has 4 heteroatoms. The predicted molar refractivity (Wildman–Crippen MR) is 66.8 cm³/mol. The molecule has 2 heterocycles. The molecule has 0 fully saturated rings. The number of allylic oxidation sites excluding steroid dienone is 4. The molecule has 0 saturated carbocycles. The van der Waals surface area contributed by atoms with Gasteiger partial charge in [0.15, 0.2) is 0 Å². The molecule has 14 heavy (non-hydrogen) atoms. The van der Waals surface area contributed by atoms with Crippen LogP contribution in [0.15, 0.2) is 24.6 Å². The average Bonchev–Trinajstić information content (AvgIpc) is 2.60. The molecule has 2 rings (SSSR count). The van der Waals surface area contributed by atoms with Crippen molar-refractivity contribution < 1.29 is 0 Å². The van der Waals surface area contributed by atoms with Gasteiger partial charge in [0.25, 0.3) is 0 Å². The van der Waals surface area contributed by atoms with Gasteiger partial charge in [-0.15, -0.1) is 0 Å². The molecule has 0 atom stereocenters. The Labute approximate surface area is 111 Å². The Kier molecular flexibility index (Phi) is 3.92. The van der Waals surface area contributed by atoms with E-state index < -0.39 is 0 Å². The van der Waals surface area contributed by atoms with Crippen LogP contribution in [0.2, 0.25) is 0 Å². The molecule has 0 amide bonds. The van der Waals surface area contributed by atoms with E-state index >= 15 is 0 Å². The van der Waals surface area contributed by atoms with Crippen LogP contribution >= 0.6 is 0 Å². The standard InChI is InChI=1S/C10H12Se4/c1-5-6(2)12-9(11-5)10-13-7(3)8(4)14-10/h1-4H3. The summed E-state index contributed by atoms with van der Waals surface area (Å²) in [5.74, 6) is 0. The topological polar surface area (TPSA) is 0 Å². The van der Waals surface area contributed by atoms with Gasteiger partial charge in [-0.1, -0.05) is 0 Å². The van der Waals surface area contributed by atoms with Gasteiger partial charge in [-0.3, -0.25) is 0 Å². The first-order chi connectivity index (χ1) is 6.58. The van der Waals surface area contributed by atoms with Crippen LogP contribution < -0.4 is 0 Å². The van der Waals surface area contributed by atoms with Crippen LogP contribution in [-0.2, 0) is 0 Å². The van der Waals surface area contributed by atoms with Crippen LogP contribution in [0.3, 0.4) is 0 Å². The summed E-state index contributed by atoms with van der Waals surface area (Å²) in [5, 5.41) is 0. The molecule has 0 nitrogen and oxygen atoms in total. The maximum absolute atomic E-state index is 2.34. The average molecular weight is 448 g/mol. The minimum absolute atomic E-state index is 0.744. The van der Waals surface area contributed by atoms with Crippen LogP contribution in [-0.4, -0.2) is 59.8 Å². The van der Waals surface area contributed by atoms with Gasteiger partial charge in [0, 0.05) is 0 Å². The molecule has 2 aliphatic heterocycles. The summed E-state index contributed by atoms with van der Waals surface area (Å²) in [6.45, 7) is 9.36. The zero-order valence-electron chi connectivity index (χ0n) is 8.63. The second-order valence-electron chi connectivity index (χ2n) is 3.21. The Morgan fingerprint density at radius 3 is 0.929 bits per heavy atom. The minimum atomic E-state index is 0.744. The zero-order chi connectivity index (χ0) is 10.3. The van der Waals surface area contributed by atoms with E-state index in [0.717, 1.165) is 59.8 Å². The van der Waals surface area contributed by atoms with E-state index in [0.29, 0.717) is 0 Å². The van der Waals surface area contributed by atoms with Crippen LogP contribution in [0.25, 0.3) is 0 Å². The van der Waals surface area contributed by atoms with E-state index in [1.54, 1.807) is 17.9 Å². The second-order valence-corrected chi connectivity index (χ2v) is 16.1. The number of hydrogen-bond donors (Lipinski definition) is 0. The fourth-order valence-corrected chi connectivity index (χ4v) is 17.3. The second kappa shape index (κ2) is 4.66. The number of hydrogen-bond acceptors (Lipinski definition) is 0. The van der Waals surface area contributed by atoms with Crippen molar-refractivity contribution in [3.05, 3.63) is 24.6 Å². The van der Waals surface area contributed by atoms with Crippen molar-refractivity contribution in [2.45, 2.75) is 27.7 Å². The van der Waals surface area contributed by atoms with E-state index in [1.807, 2.05) is 6.74 Å². The first kappa shape index (κ1) is 11.8. The molecule has 0 aromatic rings. The Morgan fingerprint density at radius 2 is 0.714 bits per heavy atom. The van der Waals surface area contributed by atoms with Gasteiger partial charge in [0.1, 0.15) is 0 Å². The van der Waals surface area contributed by atoms with Crippen LogP contribution in [0.1, 0.15) is 27.7 Å². The van der Waals surface area contributed by atoms with Crippen molar-refractivity contribution in [2.24, 2.45) is 0 Å². The van der Waals surface area contributed by atoms with Crippen LogP contribution in [0.5, 0.6) is 0 Å².